The highest BCUT2D eigenvalue weighted by Gasteiger charge is 2.25. The Morgan fingerprint density at radius 2 is 1.89 bits per heavy atom. The second-order valence-electron chi connectivity index (χ2n) is 8.08. The van der Waals surface area contributed by atoms with Gasteiger partial charge in [-0.25, -0.2) is 10.1 Å². The molecule has 0 saturated carbocycles. The molecule has 11 heteroatoms. The van der Waals surface area contributed by atoms with E-state index in [0.29, 0.717) is 23.6 Å². The van der Waals surface area contributed by atoms with Crippen molar-refractivity contribution in [2.45, 2.75) is 13.5 Å². The van der Waals surface area contributed by atoms with Crippen LogP contribution in [-0.2, 0) is 6.61 Å². The van der Waals surface area contributed by atoms with E-state index in [1.54, 1.807) is 0 Å². The predicted molar refractivity (Wildman–Crippen MR) is 136 cm³/mol. The molecule has 0 aliphatic rings. The summed E-state index contributed by atoms with van der Waals surface area (Å²) in [6.07, 6.45) is 1.52. The van der Waals surface area contributed by atoms with Gasteiger partial charge in [0, 0.05) is 5.56 Å². The molecule has 1 amide bonds. The van der Waals surface area contributed by atoms with Crippen molar-refractivity contribution < 1.29 is 14.2 Å². The summed E-state index contributed by atoms with van der Waals surface area (Å²) in [4.78, 5) is 13.0. The van der Waals surface area contributed by atoms with E-state index in [4.69, 9.17) is 15.1 Å². The van der Waals surface area contributed by atoms with Crippen molar-refractivity contribution in [3.8, 4) is 22.8 Å². The fraction of sp³-hybridized carbons (Fsp3) is 0.0769. The van der Waals surface area contributed by atoms with Gasteiger partial charge in [0.15, 0.2) is 5.69 Å². The topological polar surface area (TPSA) is 146 Å². The molecule has 184 valence electrons. The van der Waals surface area contributed by atoms with Gasteiger partial charge in [0.1, 0.15) is 18.1 Å². The quantitative estimate of drug-likeness (QED) is 0.246. The molecule has 0 unspecified atom stereocenters. The summed E-state index contributed by atoms with van der Waals surface area (Å²) in [5.41, 5.74) is 12.3. The second-order valence-corrected chi connectivity index (χ2v) is 8.08. The fourth-order valence-corrected chi connectivity index (χ4v) is 3.54. The lowest BCUT2D eigenvalue weighted by Crippen LogP contribution is -2.19. The average molecular weight is 495 g/mol. The van der Waals surface area contributed by atoms with Gasteiger partial charge < -0.3 is 10.5 Å². The van der Waals surface area contributed by atoms with Crippen LogP contribution in [0.15, 0.2) is 88.6 Å². The number of nitrogens with zero attached hydrogens (tertiary/aromatic N) is 6. The summed E-state index contributed by atoms with van der Waals surface area (Å²) in [5.74, 6) is 0.252. The average Bonchev–Trinajstić information content (AvgIpc) is 3.55. The molecule has 0 radical (unpaired) electrons. The van der Waals surface area contributed by atoms with Gasteiger partial charge in [-0.3, -0.25) is 4.79 Å². The van der Waals surface area contributed by atoms with E-state index in [1.165, 1.54) is 10.9 Å². The minimum atomic E-state index is -0.565. The van der Waals surface area contributed by atoms with Gasteiger partial charge in [0.25, 0.3) is 5.91 Å². The van der Waals surface area contributed by atoms with Crippen molar-refractivity contribution in [3.05, 3.63) is 101 Å². The number of ether oxygens (including phenoxy) is 1. The summed E-state index contributed by atoms with van der Waals surface area (Å²) in [7, 11) is 0. The number of amides is 1. The van der Waals surface area contributed by atoms with Gasteiger partial charge in [0.05, 0.1) is 6.21 Å². The molecule has 2 heterocycles. The zero-order valence-electron chi connectivity index (χ0n) is 19.8. The number of rotatable bonds is 8. The lowest BCUT2D eigenvalue weighted by molar-refractivity contribution is 0.0950. The van der Waals surface area contributed by atoms with Gasteiger partial charge in [-0.1, -0.05) is 77.5 Å². The molecule has 5 rings (SSSR count). The lowest BCUT2D eigenvalue weighted by Gasteiger charge is -2.07. The molecule has 0 aliphatic heterocycles. The van der Waals surface area contributed by atoms with Crippen molar-refractivity contribution in [2.24, 2.45) is 5.10 Å². The Morgan fingerprint density at radius 1 is 1.08 bits per heavy atom. The van der Waals surface area contributed by atoms with Crippen LogP contribution in [0.5, 0.6) is 5.75 Å². The number of hydrogen-bond acceptors (Lipinski definition) is 9. The van der Waals surface area contributed by atoms with E-state index in [2.05, 4.69) is 31.2 Å². The molecule has 2 aromatic heterocycles. The van der Waals surface area contributed by atoms with Crippen LogP contribution in [0.3, 0.4) is 0 Å². The highest BCUT2D eigenvalue weighted by atomic mass is 16.6. The highest BCUT2D eigenvalue weighted by Crippen LogP contribution is 2.26. The Hall–Kier alpha value is -5.32. The number of carbonyl (C=O) groups is 1. The predicted octanol–water partition coefficient (Wildman–Crippen LogP) is 3.55. The van der Waals surface area contributed by atoms with Crippen LogP contribution < -0.4 is 15.9 Å². The van der Waals surface area contributed by atoms with Crippen LogP contribution in [-0.4, -0.2) is 37.4 Å². The van der Waals surface area contributed by atoms with Gasteiger partial charge in [0.2, 0.25) is 11.6 Å². The van der Waals surface area contributed by atoms with E-state index in [1.807, 2.05) is 85.8 Å². The van der Waals surface area contributed by atoms with Gasteiger partial charge >= 0.3 is 0 Å². The van der Waals surface area contributed by atoms with Gasteiger partial charge in [-0.15, -0.1) is 5.10 Å². The van der Waals surface area contributed by atoms with Crippen LogP contribution in [0.25, 0.3) is 17.1 Å². The number of benzene rings is 3. The van der Waals surface area contributed by atoms with E-state index in [9.17, 15) is 4.79 Å². The van der Waals surface area contributed by atoms with E-state index in [0.717, 1.165) is 16.7 Å². The molecular formula is C26H22N8O3. The molecule has 3 N–H and O–H groups in total. The third-order valence-corrected chi connectivity index (χ3v) is 5.39. The minimum Gasteiger partial charge on any atom is -0.489 e. The van der Waals surface area contributed by atoms with Crippen molar-refractivity contribution in [3.63, 3.8) is 0 Å². The molecular weight excluding hydrogens is 472 g/mol. The first-order chi connectivity index (χ1) is 18.1. The maximum atomic E-state index is 13.0. The minimum absolute atomic E-state index is 0.0117. The SMILES string of the molecule is Cc1ccc(-c2c(C(=O)NN=Cc3cccc(OCc4ccccc4)c3)nnn2-c2nonc2N)cc1. The van der Waals surface area contributed by atoms with Crippen molar-refractivity contribution >= 4 is 17.9 Å². The van der Waals surface area contributed by atoms with Crippen molar-refractivity contribution in [2.75, 3.05) is 5.73 Å². The maximum Gasteiger partial charge on any atom is 0.294 e. The number of hydrazone groups is 1. The summed E-state index contributed by atoms with van der Waals surface area (Å²) < 4.78 is 11.9. The number of aryl methyl sites for hydroxylation is 1. The Bertz CT molecular complexity index is 1540. The number of nitrogen functional groups attached to an aromatic ring is 1. The Morgan fingerprint density at radius 3 is 2.65 bits per heavy atom. The smallest absolute Gasteiger partial charge is 0.294 e. The monoisotopic (exact) mass is 494 g/mol. The first kappa shape index (κ1) is 23.4. The molecule has 37 heavy (non-hydrogen) atoms. The number of aromatic nitrogens is 5. The zero-order valence-corrected chi connectivity index (χ0v) is 19.8. The van der Waals surface area contributed by atoms with Crippen molar-refractivity contribution in [1.29, 1.82) is 0 Å². The van der Waals surface area contributed by atoms with Crippen LogP contribution in [0, 0.1) is 6.92 Å². The molecule has 11 nitrogen and oxygen atoms in total. The third kappa shape index (κ3) is 5.35. The Kier molecular flexibility index (Phi) is 6.66. The molecule has 0 spiro atoms. The number of nitrogens with two attached hydrogens (primary N) is 1. The van der Waals surface area contributed by atoms with E-state index < -0.39 is 5.91 Å². The normalized spacial score (nSPS) is 11.1. The number of nitrogens with one attached hydrogen (secondary N) is 1. The van der Waals surface area contributed by atoms with Gasteiger partial charge in [-0.05, 0) is 40.5 Å². The molecule has 0 bridgehead atoms. The first-order valence-corrected chi connectivity index (χ1v) is 11.3. The van der Waals surface area contributed by atoms with Crippen LogP contribution >= 0.6 is 0 Å². The lowest BCUT2D eigenvalue weighted by atomic mass is 10.1. The van der Waals surface area contributed by atoms with Crippen LogP contribution in [0.2, 0.25) is 0 Å². The van der Waals surface area contributed by atoms with Crippen molar-refractivity contribution in [1.82, 2.24) is 30.7 Å². The highest BCUT2D eigenvalue weighted by molar-refractivity contribution is 5.98. The van der Waals surface area contributed by atoms with E-state index in [-0.39, 0.29) is 17.3 Å². The van der Waals surface area contributed by atoms with Crippen LogP contribution in [0.4, 0.5) is 5.82 Å². The zero-order chi connectivity index (χ0) is 25.6. The summed E-state index contributed by atoms with van der Waals surface area (Å²) in [6.45, 7) is 2.41. The number of carbonyl (C=O) groups excluding carboxylic acids is 1. The maximum absolute atomic E-state index is 13.0. The molecule has 5 aromatic rings. The second kappa shape index (κ2) is 10.5. The largest absolute Gasteiger partial charge is 0.489 e. The Labute approximate surface area is 211 Å². The summed E-state index contributed by atoms with van der Waals surface area (Å²) in [6, 6.07) is 24.8. The molecule has 0 atom stereocenters. The molecule has 0 aliphatic carbocycles. The third-order valence-electron chi connectivity index (χ3n) is 5.39. The van der Waals surface area contributed by atoms with Crippen LogP contribution in [0.1, 0.15) is 27.2 Å². The van der Waals surface area contributed by atoms with Gasteiger partial charge in [-0.2, -0.15) is 9.78 Å². The number of hydrogen-bond donors (Lipinski definition) is 2. The van der Waals surface area contributed by atoms with E-state index >= 15 is 0 Å². The summed E-state index contributed by atoms with van der Waals surface area (Å²) in [5, 5.41) is 19.6. The molecule has 3 aromatic carbocycles. The fourth-order valence-electron chi connectivity index (χ4n) is 3.54. The first-order valence-electron chi connectivity index (χ1n) is 11.3. The summed E-state index contributed by atoms with van der Waals surface area (Å²) >= 11 is 0. The molecule has 0 saturated heterocycles. The number of anilines is 1. The standard InChI is InChI=1S/C26H22N8O3/c1-17-10-12-20(13-11-17)23-22(29-33-34(23)25-24(27)31-37-32-25)26(35)30-28-15-19-8-5-9-21(14-19)36-16-18-6-3-2-4-7-18/h2-15H,16H2,1H3,(H2,27,31)(H,30,35). The Balaban J connectivity index is 1.34. The molecule has 0 fully saturated rings.